The summed E-state index contributed by atoms with van der Waals surface area (Å²) in [6.07, 6.45) is 2.78. The molecule has 2 aliphatic heterocycles. The predicted molar refractivity (Wildman–Crippen MR) is 102 cm³/mol. The van der Waals surface area contributed by atoms with E-state index in [0.29, 0.717) is 24.0 Å². The van der Waals surface area contributed by atoms with Gasteiger partial charge in [-0.15, -0.1) is 0 Å². The molecule has 7 nitrogen and oxygen atoms in total. The minimum absolute atomic E-state index is 0.120. The molecule has 4 rings (SSSR count). The fourth-order valence-corrected chi connectivity index (χ4v) is 4.15. The Morgan fingerprint density at radius 1 is 1.11 bits per heavy atom. The summed E-state index contributed by atoms with van der Waals surface area (Å²) in [6.45, 7) is 2.08. The first-order valence-electron chi connectivity index (χ1n) is 9.62. The Morgan fingerprint density at radius 3 is 2.57 bits per heavy atom. The van der Waals surface area contributed by atoms with Gasteiger partial charge in [-0.05, 0) is 36.3 Å². The van der Waals surface area contributed by atoms with Crippen molar-refractivity contribution in [1.82, 2.24) is 14.9 Å². The largest absolute Gasteiger partial charge is 0.481 e. The summed E-state index contributed by atoms with van der Waals surface area (Å²) in [6, 6.07) is 10.2. The second-order valence-corrected chi connectivity index (χ2v) is 7.21. The molecule has 1 amide bonds. The van der Waals surface area contributed by atoms with Gasteiger partial charge in [0.05, 0.1) is 14.2 Å². The molecule has 148 valence electrons. The van der Waals surface area contributed by atoms with Crippen LogP contribution in [0.5, 0.6) is 11.9 Å². The van der Waals surface area contributed by atoms with Crippen LogP contribution in [-0.2, 0) is 17.7 Å². The van der Waals surface area contributed by atoms with Crippen LogP contribution in [0.25, 0.3) is 0 Å². The van der Waals surface area contributed by atoms with E-state index in [1.54, 1.807) is 6.07 Å². The van der Waals surface area contributed by atoms with E-state index in [9.17, 15) is 4.79 Å². The van der Waals surface area contributed by atoms with Crippen LogP contribution in [-0.4, -0.2) is 54.3 Å². The second kappa shape index (κ2) is 8.14. The van der Waals surface area contributed by atoms with Crippen LogP contribution in [0.3, 0.4) is 0 Å². The molecule has 1 aromatic heterocycles. The fraction of sp³-hybridized carbons (Fsp3) is 0.476. The maximum absolute atomic E-state index is 13.5. The standard InChI is InChI=1S/C21H25N3O4/c1-26-19-12-17(22-21(23-19)27-2)20(25)24-13-16-6-4-3-5-15(16)11-18(24)14-7-9-28-10-8-14/h3-6,12,14,18H,7-11,13H2,1-2H3/t18-/m0/s1. The van der Waals surface area contributed by atoms with Crippen molar-refractivity contribution in [2.45, 2.75) is 31.8 Å². The van der Waals surface area contributed by atoms with Gasteiger partial charge in [0.15, 0.2) is 0 Å². The van der Waals surface area contributed by atoms with E-state index in [0.717, 1.165) is 32.5 Å². The monoisotopic (exact) mass is 383 g/mol. The quantitative estimate of drug-likeness (QED) is 0.808. The maximum Gasteiger partial charge on any atom is 0.320 e. The summed E-state index contributed by atoms with van der Waals surface area (Å²) < 4.78 is 15.9. The third-order valence-electron chi connectivity index (χ3n) is 5.65. The summed E-state index contributed by atoms with van der Waals surface area (Å²) in [5, 5.41) is 0. The molecule has 1 aromatic carbocycles. The summed E-state index contributed by atoms with van der Waals surface area (Å²) in [4.78, 5) is 23.8. The highest BCUT2D eigenvalue weighted by molar-refractivity contribution is 5.93. The molecule has 1 atom stereocenters. The van der Waals surface area contributed by atoms with Crippen LogP contribution >= 0.6 is 0 Å². The number of rotatable bonds is 4. The van der Waals surface area contributed by atoms with Gasteiger partial charge in [0, 0.05) is 31.9 Å². The van der Waals surface area contributed by atoms with Gasteiger partial charge >= 0.3 is 6.01 Å². The Labute approximate surface area is 164 Å². The Bertz CT molecular complexity index is 829. The van der Waals surface area contributed by atoms with E-state index >= 15 is 0 Å². The molecule has 1 saturated heterocycles. The average Bonchev–Trinajstić information content (AvgIpc) is 2.77. The van der Waals surface area contributed by atoms with Gasteiger partial charge < -0.3 is 19.1 Å². The van der Waals surface area contributed by atoms with Crippen LogP contribution in [0, 0.1) is 5.92 Å². The first kappa shape index (κ1) is 18.7. The van der Waals surface area contributed by atoms with Gasteiger partial charge in [0.25, 0.3) is 5.91 Å². The van der Waals surface area contributed by atoms with Crippen LogP contribution in [0.1, 0.15) is 34.5 Å². The number of fused-ring (bicyclic) bond motifs is 1. The van der Waals surface area contributed by atoms with Crippen molar-refractivity contribution in [2.75, 3.05) is 27.4 Å². The van der Waals surface area contributed by atoms with E-state index < -0.39 is 0 Å². The van der Waals surface area contributed by atoms with Crippen molar-refractivity contribution in [3.8, 4) is 11.9 Å². The van der Waals surface area contributed by atoms with Gasteiger partial charge in [-0.25, -0.2) is 0 Å². The topological polar surface area (TPSA) is 73.8 Å². The molecule has 0 unspecified atom stereocenters. The Balaban J connectivity index is 1.69. The highest BCUT2D eigenvalue weighted by atomic mass is 16.5. The molecule has 7 heteroatoms. The third-order valence-corrected chi connectivity index (χ3v) is 5.65. The van der Waals surface area contributed by atoms with E-state index in [-0.39, 0.29) is 18.0 Å². The lowest BCUT2D eigenvalue weighted by molar-refractivity contribution is 0.0177. The fourth-order valence-electron chi connectivity index (χ4n) is 4.15. The van der Waals surface area contributed by atoms with E-state index in [4.69, 9.17) is 14.2 Å². The summed E-state index contributed by atoms with van der Waals surface area (Å²) in [5.41, 5.74) is 2.80. The van der Waals surface area contributed by atoms with Crippen LogP contribution < -0.4 is 9.47 Å². The SMILES string of the molecule is COc1cc(C(=O)N2Cc3ccccc3C[C@H]2C2CCOCC2)nc(OC)n1. The molecule has 28 heavy (non-hydrogen) atoms. The lowest BCUT2D eigenvalue weighted by Gasteiger charge is -2.42. The van der Waals surface area contributed by atoms with Gasteiger partial charge in [0.2, 0.25) is 5.88 Å². The molecule has 0 radical (unpaired) electrons. The number of carbonyl (C=O) groups is 1. The molecule has 0 N–H and O–H groups in total. The average molecular weight is 383 g/mol. The number of ether oxygens (including phenoxy) is 3. The molecular formula is C21H25N3O4. The van der Waals surface area contributed by atoms with Gasteiger partial charge in [-0.3, -0.25) is 4.79 Å². The molecule has 0 aliphatic carbocycles. The Hall–Kier alpha value is -2.67. The summed E-state index contributed by atoms with van der Waals surface area (Å²) in [7, 11) is 2.99. The Kier molecular flexibility index (Phi) is 5.43. The second-order valence-electron chi connectivity index (χ2n) is 7.21. The molecule has 3 heterocycles. The highest BCUT2D eigenvalue weighted by Gasteiger charge is 2.36. The zero-order chi connectivity index (χ0) is 19.5. The van der Waals surface area contributed by atoms with Crippen molar-refractivity contribution in [1.29, 1.82) is 0 Å². The minimum atomic E-state index is -0.120. The molecule has 1 fully saturated rings. The zero-order valence-corrected chi connectivity index (χ0v) is 16.3. The molecule has 2 aromatic rings. The highest BCUT2D eigenvalue weighted by Crippen LogP contribution is 2.33. The number of nitrogens with zero attached hydrogens (tertiary/aromatic N) is 3. The third kappa shape index (κ3) is 3.67. The number of amides is 1. The first-order valence-corrected chi connectivity index (χ1v) is 9.62. The van der Waals surface area contributed by atoms with E-state index in [1.807, 2.05) is 11.0 Å². The number of benzene rings is 1. The summed E-state index contributed by atoms with van der Waals surface area (Å²) in [5.74, 6) is 0.608. The lowest BCUT2D eigenvalue weighted by Crippen LogP contribution is -2.49. The first-order chi connectivity index (χ1) is 13.7. The molecule has 0 spiro atoms. The minimum Gasteiger partial charge on any atom is -0.481 e. The van der Waals surface area contributed by atoms with Crippen LogP contribution in [0.2, 0.25) is 0 Å². The van der Waals surface area contributed by atoms with E-state index in [2.05, 4.69) is 28.2 Å². The van der Waals surface area contributed by atoms with Gasteiger partial charge in [-0.2, -0.15) is 9.97 Å². The van der Waals surface area contributed by atoms with Crippen molar-refractivity contribution in [3.05, 3.63) is 47.2 Å². The molecule has 0 saturated carbocycles. The number of hydrogen-bond donors (Lipinski definition) is 0. The normalized spacial score (nSPS) is 19.8. The predicted octanol–water partition coefficient (Wildman–Crippen LogP) is 2.49. The smallest absolute Gasteiger partial charge is 0.320 e. The van der Waals surface area contributed by atoms with E-state index in [1.165, 1.54) is 25.3 Å². The van der Waals surface area contributed by atoms with Gasteiger partial charge in [-0.1, -0.05) is 24.3 Å². The zero-order valence-electron chi connectivity index (χ0n) is 16.3. The Morgan fingerprint density at radius 2 is 1.86 bits per heavy atom. The van der Waals surface area contributed by atoms with Crippen molar-refractivity contribution in [3.63, 3.8) is 0 Å². The number of carbonyl (C=O) groups excluding carboxylic acids is 1. The number of aromatic nitrogens is 2. The molecule has 2 aliphatic rings. The van der Waals surface area contributed by atoms with Crippen molar-refractivity contribution >= 4 is 5.91 Å². The maximum atomic E-state index is 13.5. The van der Waals surface area contributed by atoms with Crippen molar-refractivity contribution in [2.24, 2.45) is 5.92 Å². The molecule has 0 bridgehead atoms. The number of methoxy groups -OCH3 is 2. The number of hydrogen-bond acceptors (Lipinski definition) is 6. The molecular weight excluding hydrogens is 358 g/mol. The van der Waals surface area contributed by atoms with Crippen LogP contribution in [0.4, 0.5) is 0 Å². The van der Waals surface area contributed by atoms with Crippen molar-refractivity contribution < 1.29 is 19.0 Å². The van der Waals surface area contributed by atoms with Gasteiger partial charge in [0.1, 0.15) is 5.69 Å². The van der Waals surface area contributed by atoms with Crippen LogP contribution in [0.15, 0.2) is 30.3 Å². The summed E-state index contributed by atoms with van der Waals surface area (Å²) >= 11 is 0. The lowest BCUT2D eigenvalue weighted by atomic mass is 9.82.